The van der Waals surface area contributed by atoms with E-state index in [1.807, 2.05) is 48.5 Å². The second kappa shape index (κ2) is 10.3. The summed E-state index contributed by atoms with van der Waals surface area (Å²) in [6, 6.07) is 24.0. The van der Waals surface area contributed by atoms with E-state index in [2.05, 4.69) is 29.6 Å². The zero-order valence-corrected chi connectivity index (χ0v) is 19.0. The van der Waals surface area contributed by atoms with Gasteiger partial charge in [-0.15, -0.1) is 0 Å². The van der Waals surface area contributed by atoms with Crippen LogP contribution in [0.5, 0.6) is 5.75 Å². The molecule has 0 radical (unpaired) electrons. The molecule has 166 valence electrons. The van der Waals surface area contributed by atoms with Gasteiger partial charge < -0.3 is 19.9 Å². The molecule has 1 saturated heterocycles. The van der Waals surface area contributed by atoms with Crippen molar-refractivity contribution in [2.45, 2.75) is 34.8 Å². The fraction of sp³-hybridized carbons (Fsp3) is 0.240. The Balaban J connectivity index is 1.32. The number of hydrogen-bond acceptors (Lipinski definition) is 5. The number of halogens is 1. The highest BCUT2D eigenvalue weighted by Gasteiger charge is 2.38. The number of amides is 1. The Kier molecular flexibility index (Phi) is 7.25. The first kappa shape index (κ1) is 22.5. The number of aliphatic hydroxyl groups is 1. The third kappa shape index (κ3) is 5.76. The van der Waals surface area contributed by atoms with E-state index < -0.39 is 11.6 Å². The average molecular weight is 470 g/mol. The Hall–Kier alpha value is -2.67. The van der Waals surface area contributed by atoms with Gasteiger partial charge in [-0.1, -0.05) is 59.8 Å². The summed E-state index contributed by atoms with van der Waals surface area (Å²) in [4.78, 5) is 13.5. The maximum absolute atomic E-state index is 11.4. The molecule has 1 aliphatic rings. The summed E-state index contributed by atoms with van der Waals surface area (Å²) in [5, 5.41) is 13.0. The summed E-state index contributed by atoms with van der Waals surface area (Å²) < 4.78 is 10.7. The minimum Gasteiger partial charge on any atom is -0.489 e. The number of nitrogens with one attached hydrogen (secondary N) is 1. The normalized spacial score (nSPS) is 17.6. The van der Waals surface area contributed by atoms with E-state index in [1.165, 1.54) is 0 Å². The number of rotatable bonds is 9. The van der Waals surface area contributed by atoms with Gasteiger partial charge >= 0.3 is 6.09 Å². The van der Waals surface area contributed by atoms with Crippen LogP contribution in [0.2, 0.25) is 5.02 Å². The first-order valence-electron chi connectivity index (χ1n) is 10.3. The van der Waals surface area contributed by atoms with Gasteiger partial charge in [0.25, 0.3) is 0 Å². The molecular weight excluding hydrogens is 446 g/mol. The van der Waals surface area contributed by atoms with Crippen LogP contribution in [0.1, 0.15) is 17.5 Å². The first-order valence-corrected chi connectivity index (χ1v) is 11.5. The molecule has 7 heteroatoms. The highest BCUT2D eigenvalue weighted by molar-refractivity contribution is 7.99. The van der Waals surface area contributed by atoms with Crippen LogP contribution in [-0.4, -0.2) is 30.0 Å². The predicted molar refractivity (Wildman–Crippen MR) is 125 cm³/mol. The molecule has 1 atom stereocenters. The number of carbonyl (C=O) groups excluding carboxylic acids is 1. The molecule has 0 bridgehead atoms. The van der Waals surface area contributed by atoms with Crippen molar-refractivity contribution in [2.75, 3.05) is 13.2 Å². The van der Waals surface area contributed by atoms with Crippen molar-refractivity contribution in [3.63, 3.8) is 0 Å². The quantitative estimate of drug-likeness (QED) is 0.434. The van der Waals surface area contributed by atoms with Crippen molar-refractivity contribution in [1.82, 2.24) is 5.32 Å². The van der Waals surface area contributed by atoms with Crippen LogP contribution in [0.25, 0.3) is 0 Å². The molecule has 1 unspecified atom stereocenters. The summed E-state index contributed by atoms with van der Waals surface area (Å²) in [5.41, 5.74) is 1.34. The lowest BCUT2D eigenvalue weighted by atomic mass is 9.93. The summed E-state index contributed by atoms with van der Waals surface area (Å²) >= 11 is 8.15. The first-order chi connectivity index (χ1) is 15.5. The zero-order chi connectivity index (χ0) is 22.4. The van der Waals surface area contributed by atoms with E-state index in [-0.39, 0.29) is 13.2 Å². The van der Waals surface area contributed by atoms with Crippen molar-refractivity contribution in [1.29, 1.82) is 0 Å². The Bertz CT molecular complexity index is 1060. The molecular formula is C25H24ClNO4S. The minimum absolute atomic E-state index is 0.167. The number of carbonyl (C=O) groups is 1. The lowest BCUT2D eigenvalue weighted by Crippen LogP contribution is -2.47. The Morgan fingerprint density at radius 1 is 1.06 bits per heavy atom. The van der Waals surface area contributed by atoms with E-state index >= 15 is 0 Å². The molecule has 2 N–H and O–H groups in total. The van der Waals surface area contributed by atoms with E-state index in [9.17, 15) is 9.90 Å². The standard InChI is InChI=1S/C25H24ClNO4S/c26-23-14-22(11-8-19(23)12-13-25(16-28)17-31-24(29)27-25)32-21-9-6-18(7-10-21)15-30-20-4-2-1-3-5-20/h1-11,14,28H,12-13,15-17H2,(H,27,29). The van der Waals surface area contributed by atoms with Gasteiger partial charge in [0.2, 0.25) is 0 Å². The molecule has 1 fully saturated rings. The number of aliphatic hydroxyl groups excluding tert-OH is 1. The third-order valence-corrected chi connectivity index (χ3v) is 6.70. The second-order valence-electron chi connectivity index (χ2n) is 7.74. The molecule has 3 aromatic rings. The van der Waals surface area contributed by atoms with Gasteiger partial charge in [-0.3, -0.25) is 0 Å². The molecule has 0 aromatic heterocycles. The van der Waals surface area contributed by atoms with E-state index in [0.717, 1.165) is 26.7 Å². The monoisotopic (exact) mass is 469 g/mol. The van der Waals surface area contributed by atoms with Gasteiger partial charge in [0.1, 0.15) is 24.5 Å². The zero-order valence-electron chi connectivity index (χ0n) is 17.4. The fourth-order valence-corrected chi connectivity index (χ4v) is 4.63. The SMILES string of the molecule is O=C1NC(CO)(CCc2ccc(Sc3ccc(COc4ccccc4)cc3)cc2Cl)CO1. The molecule has 0 saturated carbocycles. The average Bonchev–Trinajstić information content (AvgIpc) is 3.20. The van der Waals surface area contributed by atoms with Gasteiger partial charge in [-0.2, -0.15) is 0 Å². The number of alkyl carbamates (subject to hydrolysis) is 1. The number of cyclic esters (lactones) is 1. The highest BCUT2D eigenvalue weighted by Crippen LogP contribution is 2.32. The Labute approximate surface area is 196 Å². The van der Waals surface area contributed by atoms with Gasteiger partial charge in [0, 0.05) is 14.8 Å². The van der Waals surface area contributed by atoms with E-state index in [4.69, 9.17) is 21.1 Å². The van der Waals surface area contributed by atoms with Gasteiger partial charge in [0.15, 0.2) is 0 Å². The Morgan fingerprint density at radius 2 is 1.81 bits per heavy atom. The number of aryl methyl sites for hydroxylation is 1. The largest absolute Gasteiger partial charge is 0.489 e. The molecule has 4 rings (SSSR count). The second-order valence-corrected chi connectivity index (χ2v) is 9.29. The highest BCUT2D eigenvalue weighted by atomic mass is 35.5. The van der Waals surface area contributed by atoms with Crippen LogP contribution in [0, 0.1) is 0 Å². The number of hydrogen-bond donors (Lipinski definition) is 2. The van der Waals surface area contributed by atoms with Crippen molar-refractivity contribution in [2.24, 2.45) is 0 Å². The van der Waals surface area contributed by atoms with Gasteiger partial charge in [0.05, 0.1) is 6.61 Å². The molecule has 0 aliphatic carbocycles. The van der Waals surface area contributed by atoms with E-state index in [1.54, 1.807) is 11.8 Å². The lowest BCUT2D eigenvalue weighted by Gasteiger charge is -2.23. The van der Waals surface area contributed by atoms with Gasteiger partial charge in [-0.05, 0) is 60.4 Å². The summed E-state index contributed by atoms with van der Waals surface area (Å²) in [7, 11) is 0. The van der Waals surface area contributed by atoms with Crippen LogP contribution in [0.3, 0.4) is 0 Å². The lowest BCUT2D eigenvalue weighted by molar-refractivity contribution is 0.140. The van der Waals surface area contributed by atoms with Crippen molar-refractivity contribution in [3.8, 4) is 5.75 Å². The summed E-state index contributed by atoms with van der Waals surface area (Å²) in [5.74, 6) is 0.855. The maximum atomic E-state index is 11.4. The molecule has 5 nitrogen and oxygen atoms in total. The molecule has 3 aromatic carbocycles. The minimum atomic E-state index is -0.736. The number of para-hydroxylation sites is 1. The van der Waals surface area contributed by atoms with Gasteiger partial charge in [-0.25, -0.2) is 4.79 Å². The van der Waals surface area contributed by atoms with Crippen LogP contribution in [0.4, 0.5) is 4.79 Å². The van der Waals surface area contributed by atoms with Crippen molar-refractivity contribution in [3.05, 3.63) is 88.9 Å². The molecule has 1 aliphatic heterocycles. The van der Waals surface area contributed by atoms with Crippen LogP contribution < -0.4 is 10.1 Å². The molecule has 1 amide bonds. The molecule has 0 spiro atoms. The fourth-order valence-electron chi connectivity index (χ4n) is 3.43. The van der Waals surface area contributed by atoms with Crippen LogP contribution in [0.15, 0.2) is 82.6 Å². The topological polar surface area (TPSA) is 67.8 Å². The Morgan fingerprint density at radius 3 is 2.47 bits per heavy atom. The molecule has 32 heavy (non-hydrogen) atoms. The number of benzene rings is 3. The maximum Gasteiger partial charge on any atom is 0.407 e. The summed E-state index contributed by atoms with van der Waals surface area (Å²) in [6.07, 6.45) is 0.687. The van der Waals surface area contributed by atoms with Crippen molar-refractivity contribution >= 4 is 29.5 Å². The van der Waals surface area contributed by atoms with Crippen molar-refractivity contribution < 1.29 is 19.4 Å². The summed E-state index contributed by atoms with van der Waals surface area (Å²) in [6.45, 7) is 0.521. The predicted octanol–water partition coefficient (Wildman–Crippen LogP) is 5.47. The molecule has 1 heterocycles. The third-order valence-electron chi connectivity index (χ3n) is 5.35. The van der Waals surface area contributed by atoms with E-state index in [0.29, 0.717) is 24.5 Å². The number of ether oxygens (including phenoxy) is 2. The smallest absolute Gasteiger partial charge is 0.407 e. The van der Waals surface area contributed by atoms with Crippen LogP contribution in [-0.2, 0) is 17.8 Å². The van der Waals surface area contributed by atoms with Crippen LogP contribution >= 0.6 is 23.4 Å².